The third kappa shape index (κ3) is 2.53. The fraction of sp³-hybridized carbons (Fsp3) is 0.308. The predicted molar refractivity (Wildman–Crippen MR) is 69.7 cm³/mol. The lowest BCUT2D eigenvalue weighted by molar-refractivity contribution is 0.628. The molecule has 1 atom stereocenters. The Bertz CT molecular complexity index is 505. The number of nitrogens with one attached hydrogen (secondary N) is 1. The van der Waals surface area contributed by atoms with Gasteiger partial charge in [-0.2, -0.15) is 0 Å². The maximum atomic E-state index is 12.8. The molecule has 0 bridgehead atoms. The minimum Gasteiger partial charge on any atom is -0.312 e. The second-order valence-electron chi connectivity index (χ2n) is 3.99. The Hall–Kier alpha value is -1.26. The minimum absolute atomic E-state index is 0.217. The smallest absolute Gasteiger partial charge is 0.123 e. The van der Waals surface area contributed by atoms with Crippen LogP contribution in [0.15, 0.2) is 24.3 Å². The van der Waals surface area contributed by atoms with Gasteiger partial charge >= 0.3 is 0 Å². The van der Waals surface area contributed by atoms with Crippen LogP contribution in [0.5, 0.6) is 0 Å². The van der Waals surface area contributed by atoms with Gasteiger partial charge in [-0.05, 0) is 45.2 Å². The second kappa shape index (κ2) is 4.94. The summed E-state index contributed by atoms with van der Waals surface area (Å²) in [6.45, 7) is 4.11. The average molecular weight is 250 g/mol. The fourth-order valence-corrected chi connectivity index (χ4v) is 2.79. The van der Waals surface area contributed by atoms with Gasteiger partial charge in [0.05, 0.1) is 5.69 Å². The lowest BCUT2D eigenvalue weighted by Gasteiger charge is -2.06. The summed E-state index contributed by atoms with van der Waals surface area (Å²) in [4.78, 5) is 5.76. The van der Waals surface area contributed by atoms with E-state index in [4.69, 9.17) is 0 Å². The van der Waals surface area contributed by atoms with Gasteiger partial charge in [-0.3, -0.25) is 0 Å². The Labute approximate surface area is 105 Å². The normalized spacial score (nSPS) is 12.7. The quantitative estimate of drug-likeness (QED) is 0.901. The Morgan fingerprint density at radius 2 is 1.94 bits per heavy atom. The van der Waals surface area contributed by atoms with E-state index in [9.17, 15) is 4.39 Å². The molecule has 4 heteroatoms. The first-order chi connectivity index (χ1) is 8.11. The summed E-state index contributed by atoms with van der Waals surface area (Å²) in [6, 6.07) is 6.75. The highest BCUT2D eigenvalue weighted by Crippen LogP contribution is 2.31. The summed E-state index contributed by atoms with van der Waals surface area (Å²) in [5, 5.41) is 4.15. The summed E-state index contributed by atoms with van der Waals surface area (Å²) in [5.41, 5.74) is 2.00. The zero-order chi connectivity index (χ0) is 12.4. The number of hydrogen-bond donors (Lipinski definition) is 1. The Kier molecular flexibility index (Phi) is 3.54. The van der Waals surface area contributed by atoms with Crippen molar-refractivity contribution >= 4 is 11.3 Å². The van der Waals surface area contributed by atoms with Crippen LogP contribution in [0.3, 0.4) is 0 Å². The van der Waals surface area contributed by atoms with Crippen molar-refractivity contribution in [2.24, 2.45) is 0 Å². The van der Waals surface area contributed by atoms with Crippen molar-refractivity contribution < 1.29 is 4.39 Å². The van der Waals surface area contributed by atoms with Gasteiger partial charge in [0.1, 0.15) is 10.8 Å². The van der Waals surface area contributed by atoms with Gasteiger partial charge in [-0.1, -0.05) is 0 Å². The Morgan fingerprint density at radius 1 is 1.29 bits per heavy atom. The van der Waals surface area contributed by atoms with Crippen molar-refractivity contribution in [3.63, 3.8) is 0 Å². The van der Waals surface area contributed by atoms with Crippen molar-refractivity contribution in [1.82, 2.24) is 10.3 Å². The standard InChI is InChI=1S/C13H15FN2S/c1-8(15-3)12-9(2)16-13(17-12)10-4-6-11(14)7-5-10/h4-8,15H,1-3H3. The molecule has 1 heterocycles. The van der Waals surface area contributed by atoms with Crippen molar-refractivity contribution in [2.45, 2.75) is 19.9 Å². The molecule has 1 aromatic carbocycles. The molecule has 1 N–H and O–H groups in total. The zero-order valence-corrected chi connectivity index (χ0v) is 10.9. The molecule has 0 spiro atoms. The molecule has 2 aromatic rings. The van der Waals surface area contributed by atoms with E-state index in [1.165, 1.54) is 17.0 Å². The van der Waals surface area contributed by atoms with Crippen LogP contribution < -0.4 is 5.32 Å². The lowest BCUT2D eigenvalue weighted by atomic mass is 10.2. The van der Waals surface area contributed by atoms with E-state index in [2.05, 4.69) is 17.2 Å². The first kappa shape index (κ1) is 12.2. The van der Waals surface area contributed by atoms with E-state index >= 15 is 0 Å². The van der Waals surface area contributed by atoms with Crippen LogP contribution in [0.1, 0.15) is 23.5 Å². The molecule has 90 valence electrons. The van der Waals surface area contributed by atoms with Gasteiger partial charge in [-0.25, -0.2) is 9.37 Å². The molecule has 1 unspecified atom stereocenters. The van der Waals surface area contributed by atoms with E-state index in [0.29, 0.717) is 6.04 Å². The third-order valence-corrected chi connectivity index (χ3v) is 4.14. The summed E-state index contributed by atoms with van der Waals surface area (Å²) in [7, 11) is 1.93. The monoisotopic (exact) mass is 250 g/mol. The number of nitrogens with zero attached hydrogens (tertiary/aromatic N) is 1. The van der Waals surface area contributed by atoms with Crippen LogP contribution in [0.2, 0.25) is 0 Å². The molecule has 0 amide bonds. The van der Waals surface area contributed by atoms with Crippen LogP contribution in [0.4, 0.5) is 4.39 Å². The molecule has 0 aliphatic carbocycles. The summed E-state index contributed by atoms with van der Waals surface area (Å²) in [5.74, 6) is -0.217. The molecule has 0 saturated carbocycles. The van der Waals surface area contributed by atoms with Crippen LogP contribution in [0.25, 0.3) is 10.6 Å². The molecule has 2 rings (SSSR count). The average Bonchev–Trinajstić information content (AvgIpc) is 2.71. The van der Waals surface area contributed by atoms with Crippen molar-refractivity contribution in [3.8, 4) is 10.6 Å². The second-order valence-corrected chi connectivity index (χ2v) is 5.02. The van der Waals surface area contributed by atoms with E-state index in [1.54, 1.807) is 23.5 Å². The van der Waals surface area contributed by atoms with Gasteiger partial charge < -0.3 is 5.32 Å². The number of benzene rings is 1. The number of halogens is 1. The van der Waals surface area contributed by atoms with Crippen LogP contribution in [0, 0.1) is 12.7 Å². The molecular formula is C13H15FN2S. The van der Waals surface area contributed by atoms with Gasteiger partial charge in [-0.15, -0.1) is 11.3 Å². The number of aryl methyl sites for hydroxylation is 1. The number of aromatic nitrogens is 1. The number of hydrogen-bond acceptors (Lipinski definition) is 3. The summed E-state index contributed by atoms with van der Waals surface area (Å²) in [6.07, 6.45) is 0. The molecule has 0 aliphatic rings. The molecule has 0 aliphatic heterocycles. The fourth-order valence-electron chi connectivity index (χ4n) is 1.66. The highest BCUT2D eigenvalue weighted by Gasteiger charge is 2.13. The third-order valence-electron chi connectivity index (χ3n) is 2.75. The van der Waals surface area contributed by atoms with E-state index < -0.39 is 0 Å². The zero-order valence-electron chi connectivity index (χ0n) is 10.1. The van der Waals surface area contributed by atoms with E-state index in [-0.39, 0.29) is 5.82 Å². The maximum Gasteiger partial charge on any atom is 0.123 e. The molecule has 17 heavy (non-hydrogen) atoms. The predicted octanol–water partition coefficient (Wildman–Crippen LogP) is 3.54. The van der Waals surface area contributed by atoms with Crippen molar-refractivity contribution in [1.29, 1.82) is 0 Å². The first-order valence-corrected chi connectivity index (χ1v) is 6.34. The van der Waals surface area contributed by atoms with Gasteiger partial charge in [0.2, 0.25) is 0 Å². The highest BCUT2D eigenvalue weighted by molar-refractivity contribution is 7.15. The number of thiazole rings is 1. The highest BCUT2D eigenvalue weighted by atomic mass is 32.1. The number of rotatable bonds is 3. The Balaban J connectivity index is 2.37. The van der Waals surface area contributed by atoms with Crippen molar-refractivity contribution in [2.75, 3.05) is 7.05 Å². The summed E-state index contributed by atoms with van der Waals surface area (Å²) >= 11 is 1.66. The molecule has 2 nitrogen and oxygen atoms in total. The largest absolute Gasteiger partial charge is 0.312 e. The molecule has 1 aromatic heterocycles. The molecule has 0 radical (unpaired) electrons. The maximum absolute atomic E-state index is 12.8. The first-order valence-electron chi connectivity index (χ1n) is 5.52. The molecular weight excluding hydrogens is 235 g/mol. The van der Waals surface area contributed by atoms with E-state index in [1.807, 2.05) is 14.0 Å². The van der Waals surface area contributed by atoms with Crippen LogP contribution >= 0.6 is 11.3 Å². The van der Waals surface area contributed by atoms with E-state index in [0.717, 1.165) is 16.3 Å². The Morgan fingerprint density at radius 3 is 2.53 bits per heavy atom. The topological polar surface area (TPSA) is 24.9 Å². The van der Waals surface area contributed by atoms with Gasteiger partial charge in [0.15, 0.2) is 0 Å². The SMILES string of the molecule is CNC(C)c1sc(-c2ccc(F)cc2)nc1C. The van der Waals surface area contributed by atoms with Gasteiger partial charge in [0, 0.05) is 16.5 Å². The van der Waals surface area contributed by atoms with Crippen LogP contribution in [-0.2, 0) is 0 Å². The molecule has 0 saturated heterocycles. The molecule has 0 fully saturated rings. The summed E-state index contributed by atoms with van der Waals surface area (Å²) < 4.78 is 12.8. The van der Waals surface area contributed by atoms with Gasteiger partial charge in [0.25, 0.3) is 0 Å². The van der Waals surface area contributed by atoms with Crippen LogP contribution in [-0.4, -0.2) is 12.0 Å². The minimum atomic E-state index is -0.217. The lowest BCUT2D eigenvalue weighted by Crippen LogP contribution is -2.11. The van der Waals surface area contributed by atoms with Crippen molar-refractivity contribution in [3.05, 3.63) is 40.7 Å².